The molecule has 27 heavy (non-hydrogen) atoms. The number of alkyl halides is 4. The third kappa shape index (κ3) is 4.01. The zero-order valence-corrected chi connectivity index (χ0v) is 19.1. The van der Waals surface area contributed by atoms with Crippen molar-refractivity contribution in [2.75, 3.05) is 4.43 Å². The predicted octanol–water partition coefficient (Wildman–Crippen LogP) is 1.96. The zero-order chi connectivity index (χ0) is 19.9. The Kier molecular flexibility index (Phi) is 5.87. The first-order valence-electron chi connectivity index (χ1n) is 7.60. The van der Waals surface area contributed by atoms with Gasteiger partial charge in [-0.15, -0.1) is 0 Å². The van der Waals surface area contributed by atoms with E-state index in [1.165, 1.54) is 12.1 Å². The summed E-state index contributed by atoms with van der Waals surface area (Å²) in [5.41, 5.74) is 0.856. The molecule has 3 rings (SSSR count). The molecule has 144 valence electrons. The average molecular weight is 620 g/mol. The molecule has 6 nitrogen and oxygen atoms in total. The second-order valence-electron chi connectivity index (χ2n) is 5.50. The Morgan fingerprint density at radius 2 is 2.11 bits per heavy atom. The summed E-state index contributed by atoms with van der Waals surface area (Å²) >= 11 is 6.66. The summed E-state index contributed by atoms with van der Waals surface area (Å²) in [6.45, 7) is 2.03. The molecule has 0 fully saturated rings. The van der Waals surface area contributed by atoms with Gasteiger partial charge in [0.05, 0.1) is 0 Å². The SMILES string of the molecule is CC[I-]c1cc(Cl)c([N+](=O)[O-])cc1-c1nc2cc(C(F)(F)I)cnc2n1C. The van der Waals surface area contributed by atoms with E-state index in [1.54, 1.807) is 17.7 Å². The maximum absolute atomic E-state index is 13.6. The number of aryl methyl sites for hydroxylation is 1. The summed E-state index contributed by atoms with van der Waals surface area (Å²) in [4.78, 5) is 19.3. The van der Waals surface area contributed by atoms with Crippen LogP contribution in [0.4, 0.5) is 14.5 Å². The van der Waals surface area contributed by atoms with Crippen LogP contribution in [0.3, 0.4) is 0 Å². The van der Waals surface area contributed by atoms with Crippen LogP contribution in [0.25, 0.3) is 22.6 Å². The van der Waals surface area contributed by atoms with Gasteiger partial charge in [0.15, 0.2) is 0 Å². The van der Waals surface area contributed by atoms with Gasteiger partial charge in [-0.25, -0.2) is 0 Å². The van der Waals surface area contributed by atoms with E-state index in [-0.39, 0.29) is 16.3 Å². The molecule has 0 atom stereocenters. The van der Waals surface area contributed by atoms with Gasteiger partial charge < -0.3 is 0 Å². The molecule has 2 aromatic heterocycles. The van der Waals surface area contributed by atoms with Gasteiger partial charge >= 0.3 is 183 Å². The van der Waals surface area contributed by atoms with E-state index >= 15 is 0 Å². The number of imidazole rings is 1. The van der Waals surface area contributed by atoms with Crippen molar-refractivity contribution in [3.63, 3.8) is 0 Å². The molecule has 0 saturated heterocycles. The van der Waals surface area contributed by atoms with Crippen molar-refractivity contribution in [2.24, 2.45) is 7.05 Å². The first kappa shape index (κ1) is 20.6. The van der Waals surface area contributed by atoms with Crippen molar-refractivity contribution in [1.82, 2.24) is 14.5 Å². The van der Waals surface area contributed by atoms with E-state index in [9.17, 15) is 18.9 Å². The fraction of sp³-hybridized carbons (Fsp3) is 0.250. The molecule has 0 aliphatic heterocycles. The topological polar surface area (TPSA) is 73.8 Å². The number of aromatic nitrogens is 3. The molecular formula is C16H12ClF2I2N4O2-. The second-order valence-corrected chi connectivity index (χ2v) is 10.7. The monoisotopic (exact) mass is 619 g/mol. The van der Waals surface area contributed by atoms with Crippen LogP contribution in [0.5, 0.6) is 0 Å². The van der Waals surface area contributed by atoms with Crippen molar-refractivity contribution in [3.8, 4) is 11.4 Å². The van der Waals surface area contributed by atoms with Crippen LogP contribution < -0.4 is 21.2 Å². The second kappa shape index (κ2) is 7.70. The molecule has 0 bridgehead atoms. The Hall–Kier alpha value is -1.15. The van der Waals surface area contributed by atoms with E-state index in [2.05, 4.69) is 9.97 Å². The summed E-state index contributed by atoms with van der Waals surface area (Å²) in [6.07, 6.45) is 1.12. The molecule has 0 aliphatic carbocycles. The predicted molar refractivity (Wildman–Crippen MR) is 103 cm³/mol. The molecular weight excluding hydrogens is 607 g/mol. The summed E-state index contributed by atoms with van der Waals surface area (Å²) in [5.74, 6) is 0.439. The van der Waals surface area contributed by atoms with Crippen molar-refractivity contribution < 1.29 is 34.9 Å². The number of nitro groups is 1. The van der Waals surface area contributed by atoms with Gasteiger partial charge in [0.1, 0.15) is 0 Å². The van der Waals surface area contributed by atoms with Gasteiger partial charge in [0, 0.05) is 0 Å². The maximum atomic E-state index is 13.6. The first-order valence-corrected chi connectivity index (χ1v) is 11.7. The molecule has 1 aromatic carbocycles. The van der Waals surface area contributed by atoms with E-state index in [0.717, 1.165) is 36.8 Å². The molecule has 3 aromatic rings. The molecule has 0 unspecified atom stereocenters. The number of nitro benzene ring substituents is 1. The van der Waals surface area contributed by atoms with Crippen LogP contribution in [0.15, 0.2) is 24.4 Å². The number of fused-ring (bicyclic) bond motifs is 1. The van der Waals surface area contributed by atoms with Gasteiger partial charge in [-0.2, -0.15) is 0 Å². The fourth-order valence-corrected chi connectivity index (χ4v) is 5.45. The normalized spacial score (nSPS) is 12.1. The van der Waals surface area contributed by atoms with Crippen LogP contribution >= 0.6 is 34.2 Å². The molecule has 0 radical (unpaired) electrons. The minimum absolute atomic E-state index is 0.0793. The number of hydrogen-bond acceptors (Lipinski definition) is 4. The first-order chi connectivity index (χ1) is 12.6. The van der Waals surface area contributed by atoms with Crippen molar-refractivity contribution >= 4 is 51.0 Å². The van der Waals surface area contributed by atoms with E-state index in [1.807, 2.05) is 6.92 Å². The third-order valence-corrected chi connectivity index (χ3v) is 7.19. The molecule has 2 heterocycles. The van der Waals surface area contributed by atoms with Gasteiger partial charge in [-0.1, -0.05) is 0 Å². The summed E-state index contributed by atoms with van der Waals surface area (Å²) in [6, 6.07) is 4.31. The molecule has 0 N–H and O–H groups in total. The third-order valence-electron chi connectivity index (χ3n) is 3.79. The number of hydrogen-bond donors (Lipinski definition) is 0. The van der Waals surface area contributed by atoms with Crippen LogP contribution in [0.2, 0.25) is 5.02 Å². The number of halogens is 5. The van der Waals surface area contributed by atoms with E-state index in [4.69, 9.17) is 11.6 Å². The standard InChI is InChI=1S/C16H12ClF2I2N4O2/c1-3-21-11-6-10(17)13(25(26)27)5-9(11)14-23-12-4-8(16(18,19)20)7-22-15(12)24(14)2/h4-7H,3H2,1-2H3/q-1. The van der Waals surface area contributed by atoms with E-state index in [0.29, 0.717) is 22.6 Å². The van der Waals surface area contributed by atoms with Crippen LogP contribution in [-0.4, -0.2) is 23.9 Å². The summed E-state index contributed by atoms with van der Waals surface area (Å²) < 4.78 is 27.6. The van der Waals surface area contributed by atoms with Crippen molar-refractivity contribution in [1.29, 1.82) is 0 Å². The molecule has 11 heteroatoms. The average Bonchev–Trinajstić information content (AvgIpc) is 2.90. The Morgan fingerprint density at radius 1 is 1.41 bits per heavy atom. The van der Waals surface area contributed by atoms with Gasteiger partial charge in [-0.3, -0.25) is 0 Å². The number of benzene rings is 1. The Morgan fingerprint density at radius 3 is 2.70 bits per heavy atom. The number of nitrogens with zero attached hydrogens (tertiary/aromatic N) is 4. The molecule has 0 saturated carbocycles. The van der Waals surface area contributed by atoms with Gasteiger partial charge in [0.25, 0.3) is 0 Å². The molecule has 0 amide bonds. The van der Waals surface area contributed by atoms with Gasteiger partial charge in [-0.05, 0) is 0 Å². The molecule has 0 spiro atoms. The molecule has 0 aliphatic rings. The number of rotatable bonds is 5. The minimum atomic E-state index is -3.06. The Balaban J connectivity index is 2.26. The zero-order valence-electron chi connectivity index (χ0n) is 14.0. The quantitative estimate of drug-likeness (QED) is 0.190. The van der Waals surface area contributed by atoms with E-state index < -0.39 is 30.1 Å². The number of pyridine rings is 1. The Bertz CT molecular complexity index is 1050. The summed E-state index contributed by atoms with van der Waals surface area (Å²) in [7, 11) is 1.70. The summed E-state index contributed by atoms with van der Waals surface area (Å²) in [5, 5.41) is 11.4. The van der Waals surface area contributed by atoms with Gasteiger partial charge in [0.2, 0.25) is 0 Å². The van der Waals surface area contributed by atoms with Crippen molar-refractivity contribution in [3.05, 3.63) is 48.7 Å². The van der Waals surface area contributed by atoms with Crippen molar-refractivity contribution in [2.45, 2.75) is 10.9 Å². The fourth-order valence-electron chi connectivity index (χ4n) is 2.58. The Labute approximate surface area is 181 Å². The van der Waals surface area contributed by atoms with Crippen LogP contribution in [0.1, 0.15) is 12.5 Å². The van der Waals surface area contributed by atoms with Crippen LogP contribution in [0, 0.1) is 13.7 Å². The van der Waals surface area contributed by atoms with Crippen LogP contribution in [-0.2, 0) is 11.0 Å².